The van der Waals surface area contributed by atoms with Crippen LogP contribution in [0.15, 0.2) is 0 Å². The fourth-order valence-corrected chi connectivity index (χ4v) is 3.59. The molecule has 0 aromatic rings. The van der Waals surface area contributed by atoms with Gasteiger partial charge in [0, 0.05) is 11.8 Å². The number of nitrogens with one attached hydrogen (secondary N) is 1. The van der Waals surface area contributed by atoms with Crippen molar-refractivity contribution in [2.24, 2.45) is 5.41 Å². The Morgan fingerprint density at radius 2 is 2.07 bits per heavy atom. The topological polar surface area (TPSA) is 35.8 Å². The van der Waals surface area contributed by atoms with Crippen molar-refractivity contribution in [1.82, 2.24) is 5.32 Å². The molecule has 2 fully saturated rings. The molecule has 3 heteroatoms. The van der Waals surface area contributed by atoms with Gasteiger partial charge in [-0.15, -0.1) is 0 Å². The molecule has 0 radical (unpaired) electrons. The van der Waals surface area contributed by atoms with Crippen LogP contribution in [0.4, 0.5) is 0 Å². The van der Waals surface area contributed by atoms with Gasteiger partial charge in [-0.1, -0.05) is 13.8 Å². The van der Waals surface area contributed by atoms with Crippen LogP contribution in [0, 0.1) is 16.7 Å². The van der Waals surface area contributed by atoms with Gasteiger partial charge in [-0.25, -0.2) is 0 Å². The van der Waals surface area contributed by atoms with Gasteiger partial charge in [0.2, 0.25) is 0 Å². The van der Waals surface area contributed by atoms with Crippen LogP contribution in [-0.4, -0.2) is 23.1 Å². The average Bonchev–Trinajstić information content (AvgIpc) is 2.86. The van der Waals surface area contributed by atoms with E-state index in [1.807, 2.05) is 11.8 Å². The van der Waals surface area contributed by atoms with Gasteiger partial charge in [-0.2, -0.15) is 17.0 Å². The number of rotatable bonds is 2. The summed E-state index contributed by atoms with van der Waals surface area (Å²) in [4.78, 5) is 0. The Balaban J connectivity index is 2.06. The SMILES string of the molecule is CC1(C)CSCC(C#N)(NC2CC2)C1. The Kier molecular flexibility index (Phi) is 2.53. The van der Waals surface area contributed by atoms with Crippen molar-refractivity contribution in [3.63, 3.8) is 0 Å². The smallest absolute Gasteiger partial charge is 0.116 e. The molecule has 1 N–H and O–H groups in total. The quantitative estimate of drug-likeness (QED) is 0.758. The highest BCUT2D eigenvalue weighted by atomic mass is 32.2. The minimum atomic E-state index is -0.242. The Morgan fingerprint density at radius 1 is 1.36 bits per heavy atom. The van der Waals surface area contributed by atoms with Crippen LogP contribution in [0.1, 0.15) is 33.1 Å². The maximum Gasteiger partial charge on any atom is 0.116 e. The van der Waals surface area contributed by atoms with Crippen LogP contribution in [0.5, 0.6) is 0 Å². The summed E-state index contributed by atoms with van der Waals surface area (Å²) in [5.74, 6) is 2.15. The minimum Gasteiger partial charge on any atom is -0.296 e. The van der Waals surface area contributed by atoms with Gasteiger partial charge in [-0.3, -0.25) is 5.32 Å². The van der Waals surface area contributed by atoms with Crippen LogP contribution in [0.2, 0.25) is 0 Å². The van der Waals surface area contributed by atoms with Gasteiger partial charge >= 0.3 is 0 Å². The van der Waals surface area contributed by atoms with Crippen molar-refractivity contribution < 1.29 is 0 Å². The van der Waals surface area contributed by atoms with E-state index in [-0.39, 0.29) is 5.54 Å². The zero-order valence-corrected chi connectivity index (χ0v) is 9.78. The van der Waals surface area contributed by atoms with Crippen LogP contribution in [0.25, 0.3) is 0 Å². The Hall–Kier alpha value is -0.200. The molecular weight excluding hydrogens is 192 g/mol. The molecule has 2 aliphatic rings. The van der Waals surface area contributed by atoms with Gasteiger partial charge in [0.15, 0.2) is 0 Å². The lowest BCUT2D eigenvalue weighted by atomic mass is 9.80. The van der Waals surface area contributed by atoms with E-state index in [1.165, 1.54) is 18.6 Å². The summed E-state index contributed by atoms with van der Waals surface area (Å²) >= 11 is 1.92. The summed E-state index contributed by atoms with van der Waals surface area (Å²) in [7, 11) is 0. The molecule has 78 valence electrons. The molecule has 1 aliphatic heterocycles. The van der Waals surface area contributed by atoms with Crippen LogP contribution in [-0.2, 0) is 0 Å². The molecule has 1 saturated heterocycles. The van der Waals surface area contributed by atoms with Crippen LogP contribution >= 0.6 is 11.8 Å². The summed E-state index contributed by atoms with van der Waals surface area (Å²) < 4.78 is 0. The highest BCUT2D eigenvalue weighted by Crippen LogP contribution is 2.40. The molecule has 0 amide bonds. The second-order valence-electron chi connectivity index (χ2n) is 5.45. The molecule has 1 atom stereocenters. The molecule has 2 nitrogen and oxygen atoms in total. The molecule has 0 aromatic carbocycles. The van der Waals surface area contributed by atoms with Crippen LogP contribution in [0.3, 0.4) is 0 Å². The Labute approximate surface area is 90.4 Å². The summed E-state index contributed by atoms with van der Waals surface area (Å²) in [6.07, 6.45) is 3.52. The molecule has 1 heterocycles. The third kappa shape index (κ3) is 2.24. The monoisotopic (exact) mass is 210 g/mol. The first-order chi connectivity index (χ1) is 6.55. The third-order valence-corrected chi connectivity index (χ3v) is 4.58. The zero-order valence-electron chi connectivity index (χ0n) is 8.97. The molecule has 1 unspecified atom stereocenters. The van der Waals surface area contributed by atoms with Crippen molar-refractivity contribution in [2.75, 3.05) is 11.5 Å². The number of hydrogen-bond acceptors (Lipinski definition) is 3. The van der Waals surface area contributed by atoms with Crippen LogP contribution < -0.4 is 5.32 Å². The summed E-state index contributed by atoms with van der Waals surface area (Å²) in [6.45, 7) is 4.53. The highest BCUT2D eigenvalue weighted by molar-refractivity contribution is 7.99. The first-order valence-electron chi connectivity index (χ1n) is 5.32. The van der Waals surface area contributed by atoms with E-state index in [4.69, 9.17) is 0 Å². The van der Waals surface area contributed by atoms with E-state index in [0.29, 0.717) is 11.5 Å². The lowest BCUT2D eigenvalue weighted by Crippen LogP contribution is -2.53. The van der Waals surface area contributed by atoms with Gasteiger partial charge < -0.3 is 0 Å². The van der Waals surface area contributed by atoms with Crippen molar-refractivity contribution in [2.45, 2.75) is 44.7 Å². The molecular formula is C11H18N2S. The fourth-order valence-electron chi connectivity index (χ4n) is 2.24. The van der Waals surface area contributed by atoms with Crippen molar-refractivity contribution in [3.8, 4) is 6.07 Å². The second-order valence-corrected chi connectivity index (χ2v) is 6.43. The summed E-state index contributed by atoms with van der Waals surface area (Å²) in [6, 6.07) is 3.14. The fraction of sp³-hybridized carbons (Fsp3) is 0.909. The number of nitrogens with zero attached hydrogens (tertiary/aromatic N) is 1. The van der Waals surface area contributed by atoms with Gasteiger partial charge in [-0.05, 0) is 30.4 Å². The van der Waals surface area contributed by atoms with E-state index in [2.05, 4.69) is 25.2 Å². The number of thioether (sulfide) groups is 1. The maximum atomic E-state index is 9.32. The molecule has 14 heavy (non-hydrogen) atoms. The van der Waals surface area contributed by atoms with Gasteiger partial charge in [0.1, 0.15) is 5.54 Å². The lowest BCUT2D eigenvalue weighted by molar-refractivity contribution is 0.269. The standard InChI is InChI=1S/C11H18N2S/c1-10(2)5-11(6-12,8-14-7-10)13-9-3-4-9/h9,13H,3-5,7-8H2,1-2H3. The average molecular weight is 210 g/mol. The molecule has 1 aliphatic carbocycles. The highest BCUT2D eigenvalue weighted by Gasteiger charge is 2.43. The Morgan fingerprint density at radius 3 is 2.57 bits per heavy atom. The predicted molar refractivity (Wildman–Crippen MR) is 60.2 cm³/mol. The van der Waals surface area contributed by atoms with Crippen molar-refractivity contribution in [3.05, 3.63) is 0 Å². The molecule has 0 bridgehead atoms. The first kappa shape index (κ1) is 10.3. The minimum absolute atomic E-state index is 0.242. The third-order valence-electron chi connectivity index (χ3n) is 2.89. The molecule has 0 aromatic heterocycles. The van der Waals surface area contributed by atoms with Crippen molar-refractivity contribution in [1.29, 1.82) is 5.26 Å². The van der Waals surface area contributed by atoms with Gasteiger partial charge in [0.05, 0.1) is 6.07 Å². The van der Waals surface area contributed by atoms with E-state index in [0.717, 1.165) is 12.2 Å². The molecule has 0 spiro atoms. The van der Waals surface area contributed by atoms with Crippen molar-refractivity contribution >= 4 is 11.8 Å². The first-order valence-corrected chi connectivity index (χ1v) is 6.48. The summed E-state index contributed by atoms with van der Waals surface area (Å²) in [5, 5.41) is 12.9. The Bertz CT molecular complexity index is 265. The van der Waals surface area contributed by atoms with E-state index in [1.54, 1.807) is 0 Å². The van der Waals surface area contributed by atoms with E-state index in [9.17, 15) is 5.26 Å². The molecule has 1 saturated carbocycles. The number of hydrogen-bond donors (Lipinski definition) is 1. The van der Waals surface area contributed by atoms with E-state index < -0.39 is 0 Å². The normalized spacial score (nSPS) is 36.4. The summed E-state index contributed by atoms with van der Waals surface area (Å²) in [5.41, 5.74) is 0.0636. The lowest BCUT2D eigenvalue weighted by Gasteiger charge is -2.40. The molecule has 2 rings (SSSR count). The second kappa shape index (κ2) is 3.43. The predicted octanol–water partition coefficient (Wildman–Crippen LogP) is 2.16. The largest absolute Gasteiger partial charge is 0.296 e. The zero-order chi connectivity index (χ0) is 10.2. The maximum absolute atomic E-state index is 9.32. The van der Waals surface area contributed by atoms with E-state index >= 15 is 0 Å². The van der Waals surface area contributed by atoms with Gasteiger partial charge in [0.25, 0.3) is 0 Å². The number of nitriles is 1.